The average molecular weight is 290 g/mol. The largest absolute Gasteiger partial charge is 0.478 e. The third-order valence-electron chi connectivity index (χ3n) is 3.45. The molecule has 1 unspecified atom stereocenters. The Morgan fingerprint density at radius 3 is 2.67 bits per heavy atom. The van der Waals surface area contributed by atoms with E-state index >= 15 is 0 Å². The van der Waals surface area contributed by atoms with Crippen molar-refractivity contribution in [1.82, 2.24) is 9.55 Å². The molecule has 0 saturated carbocycles. The standard InChI is InChI=1S/C16H22N2O3/c1-5-21-11(4)9-18-13-8-6-7-12(16(19)20)14(13)17-15(18)10(2)3/h6-8,10-11H,5,9H2,1-4H3,(H,19,20). The number of carboxylic acid groups (broad SMARTS) is 1. The third-order valence-corrected chi connectivity index (χ3v) is 3.45. The second kappa shape index (κ2) is 6.26. The first-order valence-electron chi connectivity index (χ1n) is 7.29. The molecule has 0 saturated heterocycles. The lowest BCUT2D eigenvalue weighted by Gasteiger charge is -2.16. The lowest BCUT2D eigenvalue weighted by molar-refractivity contribution is 0.0641. The fraction of sp³-hybridized carbons (Fsp3) is 0.500. The number of carbonyl (C=O) groups is 1. The lowest BCUT2D eigenvalue weighted by Crippen LogP contribution is -2.18. The van der Waals surface area contributed by atoms with Gasteiger partial charge in [-0.05, 0) is 26.0 Å². The van der Waals surface area contributed by atoms with Gasteiger partial charge in [0.05, 0.1) is 23.7 Å². The van der Waals surface area contributed by atoms with Gasteiger partial charge in [-0.3, -0.25) is 0 Å². The summed E-state index contributed by atoms with van der Waals surface area (Å²) in [5, 5.41) is 9.31. The zero-order chi connectivity index (χ0) is 15.6. The zero-order valence-electron chi connectivity index (χ0n) is 13.0. The molecule has 1 N–H and O–H groups in total. The SMILES string of the molecule is CCOC(C)Cn1c(C(C)C)nc2c(C(=O)O)cccc21. The molecule has 0 radical (unpaired) electrons. The van der Waals surface area contributed by atoms with Gasteiger partial charge in [0.2, 0.25) is 0 Å². The van der Waals surface area contributed by atoms with Crippen LogP contribution >= 0.6 is 0 Å². The number of fused-ring (bicyclic) bond motifs is 1. The van der Waals surface area contributed by atoms with Crippen molar-refractivity contribution in [3.8, 4) is 0 Å². The summed E-state index contributed by atoms with van der Waals surface area (Å²) in [5.74, 6) is 0.163. The van der Waals surface area contributed by atoms with E-state index in [2.05, 4.69) is 23.4 Å². The maximum atomic E-state index is 11.4. The van der Waals surface area contributed by atoms with Crippen LogP contribution in [-0.2, 0) is 11.3 Å². The van der Waals surface area contributed by atoms with Crippen LogP contribution in [0.4, 0.5) is 0 Å². The Hall–Kier alpha value is -1.88. The first-order valence-corrected chi connectivity index (χ1v) is 7.29. The lowest BCUT2D eigenvalue weighted by atomic mass is 10.2. The van der Waals surface area contributed by atoms with Gasteiger partial charge < -0.3 is 14.4 Å². The molecule has 2 aromatic rings. The van der Waals surface area contributed by atoms with E-state index in [0.717, 1.165) is 11.3 Å². The van der Waals surface area contributed by atoms with Crippen molar-refractivity contribution in [1.29, 1.82) is 0 Å². The predicted octanol–water partition coefficient (Wildman–Crippen LogP) is 3.28. The minimum absolute atomic E-state index is 0.0541. The van der Waals surface area contributed by atoms with E-state index in [1.165, 1.54) is 0 Å². The van der Waals surface area contributed by atoms with Gasteiger partial charge in [0.25, 0.3) is 0 Å². The molecule has 0 aliphatic carbocycles. The number of imidazole rings is 1. The number of hydrogen-bond donors (Lipinski definition) is 1. The molecule has 114 valence electrons. The molecule has 5 nitrogen and oxygen atoms in total. The Morgan fingerprint density at radius 2 is 2.10 bits per heavy atom. The van der Waals surface area contributed by atoms with Gasteiger partial charge in [-0.25, -0.2) is 9.78 Å². The average Bonchev–Trinajstić information content (AvgIpc) is 2.77. The van der Waals surface area contributed by atoms with Crippen LogP contribution in [0.2, 0.25) is 0 Å². The number of hydrogen-bond acceptors (Lipinski definition) is 3. The molecule has 0 aliphatic heterocycles. The molecule has 0 amide bonds. The van der Waals surface area contributed by atoms with Crippen molar-refractivity contribution in [2.45, 2.75) is 46.3 Å². The van der Waals surface area contributed by atoms with E-state index in [1.807, 2.05) is 19.9 Å². The van der Waals surface area contributed by atoms with E-state index in [1.54, 1.807) is 12.1 Å². The quantitative estimate of drug-likeness (QED) is 0.886. The number of para-hydroxylation sites is 1. The van der Waals surface area contributed by atoms with Gasteiger partial charge in [0.1, 0.15) is 11.3 Å². The molecule has 1 heterocycles. The Kier molecular flexibility index (Phi) is 4.63. The number of nitrogens with zero attached hydrogens (tertiary/aromatic N) is 2. The van der Waals surface area contributed by atoms with Gasteiger partial charge in [0.15, 0.2) is 0 Å². The number of aromatic nitrogens is 2. The highest BCUT2D eigenvalue weighted by atomic mass is 16.5. The van der Waals surface area contributed by atoms with Crippen LogP contribution in [0.1, 0.15) is 49.8 Å². The zero-order valence-corrected chi connectivity index (χ0v) is 13.0. The fourth-order valence-electron chi connectivity index (χ4n) is 2.56. The van der Waals surface area contributed by atoms with Crippen molar-refractivity contribution >= 4 is 17.0 Å². The summed E-state index contributed by atoms with van der Waals surface area (Å²) in [4.78, 5) is 15.9. The van der Waals surface area contributed by atoms with E-state index in [0.29, 0.717) is 18.7 Å². The van der Waals surface area contributed by atoms with Crippen LogP contribution in [-0.4, -0.2) is 33.3 Å². The smallest absolute Gasteiger partial charge is 0.337 e. The molecule has 0 bridgehead atoms. The molecule has 21 heavy (non-hydrogen) atoms. The first-order chi connectivity index (χ1) is 9.95. The molecule has 0 spiro atoms. The Balaban J connectivity index is 2.58. The monoisotopic (exact) mass is 290 g/mol. The minimum Gasteiger partial charge on any atom is -0.478 e. The molecule has 1 atom stereocenters. The highest BCUT2D eigenvalue weighted by Gasteiger charge is 2.19. The molecule has 0 aliphatic rings. The van der Waals surface area contributed by atoms with Crippen molar-refractivity contribution < 1.29 is 14.6 Å². The van der Waals surface area contributed by atoms with Gasteiger partial charge >= 0.3 is 5.97 Å². The summed E-state index contributed by atoms with van der Waals surface area (Å²) < 4.78 is 7.69. The van der Waals surface area contributed by atoms with Gasteiger partial charge in [-0.1, -0.05) is 19.9 Å². The van der Waals surface area contributed by atoms with Crippen molar-refractivity contribution in [3.63, 3.8) is 0 Å². The van der Waals surface area contributed by atoms with Crippen LogP contribution in [0.3, 0.4) is 0 Å². The Labute approximate surface area is 124 Å². The molecule has 1 aromatic carbocycles. The highest BCUT2D eigenvalue weighted by molar-refractivity contribution is 6.01. The second-order valence-electron chi connectivity index (χ2n) is 5.48. The van der Waals surface area contributed by atoms with Crippen LogP contribution < -0.4 is 0 Å². The maximum Gasteiger partial charge on any atom is 0.337 e. The van der Waals surface area contributed by atoms with Gasteiger partial charge in [-0.2, -0.15) is 0 Å². The summed E-state index contributed by atoms with van der Waals surface area (Å²) in [5.41, 5.74) is 1.65. The van der Waals surface area contributed by atoms with E-state index in [9.17, 15) is 9.90 Å². The van der Waals surface area contributed by atoms with E-state index < -0.39 is 5.97 Å². The summed E-state index contributed by atoms with van der Waals surface area (Å²) >= 11 is 0. The predicted molar refractivity (Wildman–Crippen MR) is 81.9 cm³/mol. The van der Waals surface area contributed by atoms with Crippen molar-refractivity contribution in [2.24, 2.45) is 0 Å². The van der Waals surface area contributed by atoms with Crippen molar-refractivity contribution in [3.05, 3.63) is 29.6 Å². The highest BCUT2D eigenvalue weighted by Crippen LogP contribution is 2.25. The van der Waals surface area contributed by atoms with E-state index in [-0.39, 0.29) is 17.6 Å². The normalized spacial score (nSPS) is 13.0. The summed E-state index contributed by atoms with van der Waals surface area (Å²) in [6, 6.07) is 5.27. The number of benzene rings is 1. The molecule has 1 aromatic heterocycles. The molecular weight excluding hydrogens is 268 g/mol. The second-order valence-corrected chi connectivity index (χ2v) is 5.48. The molecular formula is C16H22N2O3. The van der Waals surface area contributed by atoms with E-state index in [4.69, 9.17) is 4.74 Å². The Morgan fingerprint density at radius 1 is 1.38 bits per heavy atom. The summed E-state index contributed by atoms with van der Waals surface area (Å²) in [7, 11) is 0. The topological polar surface area (TPSA) is 64.4 Å². The molecule has 5 heteroatoms. The van der Waals surface area contributed by atoms with Crippen LogP contribution in [0.15, 0.2) is 18.2 Å². The number of rotatable bonds is 6. The molecule has 0 fully saturated rings. The minimum atomic E-state index is -0.946. The van der Waals surface area contributed by atoms with Crippen molar-refractivity contribution in [2.75, 3.05) is 6.61 Å². The third kappa shape index (κ3) is 3.08. The maximum absolute atomic E-state index is 11.4. The fourth-order valence-corrected chi connectivity index (χ4v) is 2.56. The number of ether oxygens (including phenoxy) is 1. The van der Waals surface area contributed by atoms with Gasteiger partial charge in [0, 0.05) is 12.5 Å². The number of aromatic carboxylic acids is 1. The molecule has 2 rings (SSSR count). The van der Waals surface area contributed by atoms with Crippen LogP contribution in [0.5, 0.6) is 0 Å². The van der Waals surface area contributed by atoms with Crippen LogP contribution in [0, 0.1) is 0 Å². The van der Waals surface area contributed by atoms with Gasteiger partial charge in [-0.15, -0.1) is 0 Å². The number of carboxylic acids is 1. The van der Waals surface area contributed by atoms with Crippen LogP contribution in [0.25, 0.3) is 11.0 Å². The summed E-state index contributed by atoms with van der Waals surface area (Å²) in [6.07, 6.45) is 0.0541. The first kappa shape index (κ1) is 15.5. The Bertz CT molecular complexity index is 646. The summed E-state index contributed by atoms with van der Waals surface area (Å²) in [6.45, 7) is 9.42.